The van der Waals surface area contributed by atoms with Gasteiger partial charge in [0.1, 0.15) is 0 Å². The lowest BCUT2D eigenvalue weighted by Crippen LogP contribution is -2.40. The third kappa shape index (κ3) is 6.54. The van der Waals surface area contributed by atoms with Gasteiger partial charge in [-0.05, 0) is 6.42 Å². The first kappa shape index (κ1) is 12.4. The number of hydrogen-bond donors (Lipinski definition) is 2. The molecule has 0 aromatic rings. The van der Waals surface area contributed by atoms with Crippen molar-refractivity contribution in [3.63, 3.8) is 0 Å². The van der Waals surface area contributed by atoms with Crippen molar-refractivity contribution in [2.24, 2.45) is 0 Å². The van der Waals surface area contributed by atoms with E-state index in [4.69, 9.17) is 9.84 Å². The number of ether oxygens (including phenoxy) is 1. The Morgan fingerprint density at radius 3 is 2.77 bits per heavy atom. The number of unbranched alkanes of at least 4 members (excludes halogenated alkanes) is 1. The molecule has 0 radical (unpaired) electrons. The molecular formula is C9H19NO3. The second kappa shape index (κ2) is 8.01. The molecule has 0 aliphatic carbocycles. The normalized spacial score (nSPS) is 12.5. The van der Waals surface area contributed by atoms with E-state index >= 15 is 0 Å². The van der Waals surface area contributed by atoms with Gasteiger partial charge in [0, 0.05) is 13.5 Å². The molecular weight excluding hydrogens is 170 g/mol. The third-order valence-electron chi connectivity index (χ3n) is 1.71. The molecule has 0 aromatic carbocycles. The highest BCUT2D eigenvalue weighted by atomic mass is 16.5. The van der Waals surface area contributed by atoms with Gasteiger partial charge >= 0.3 is 0 Å². The Balaban J connectivity index is 3.60. The summed E-state index contributed by atoms with van der Waals surface area (Å²) in [6, 6.07) is -0.269. The van der Waals surface area contributed by atoms with E-state index in [0.717, 1.165) is 12.8 Å². The molecule has 0 aliphatic rings. The molecule has 0 aliphatic heterocycles. The molecule has 1 unspecified atom stereocenters. The number of carbonyl (C=O) groups excluding carboxylic acids is 1. The van der Waals surface area contributed by atoms with Gasteiger partial charge in [-0.3, -0.25) is 4.79 Å². The van der Waals surface area contributed by atoms with Gasteiger partial charge in [-0.25, -0.2) is 0 Å². The second-order valence-electron chi connectivity index (χ2n) is 3.01. The maximum atomic E-state index is 11.2. The first-order valence-corrected chi connectivity index (χ1v) is 4.63. The van der Waals surface area contributed by atoms with Crippen LogP contribution in [0.3, 0.4) is 0 Å². The molecule has 0 aromatic heterocycles. The third-order valence-corrected chi connectivity index (χ3v) is 1.71. The predicted octanol–water partition coefficient (Wildman–Crippen LogP) is 0.300. The van der Waals surface area contributed by atoms with Gasteiger partial charge < -0.3 is 15.2 Å². The quantitative estimate of drug-likeness (QED) is 0.605. The number of aliphatic hydroxyl groups is 1. The number of nitrogens with one attached hydrogen (secondary N) is 1. The molecule has 78 valence electrons. The predicted molar refractivity (Wildman–Crippen MR) is 50.4 cm³/mol. The van der Waals surface area contributed by atoms with Crippen molar-refractivity contribution in [2.45, 2.75) is 32.2 Å². The van der Waals surface area contributed by atoms with Crippen molar-refractivity contribution >= 4 is 5.91 Å². The summed E-state index contributed by atoms with van der Waals surface area (Å²) in [5, 5.41) is 11.5. The van der Waals surface area contributed by atoms with Crippen molar-refractivity contribution in [1.29, 1.82) is 0 Å². The Morgan fingerprint density at radius 2 is 2.31 bits per heavy atom. The molecule has 2 N–H and O–H groups in total. The molecule has 0 spiro atoms. The number of carbonyl (C=O) groups is 1. The Kier molecular flexibility index (Phi) is 7.63. The second-order valence-corrected chi connectivity index (χ2v) is 3.01. The standard InChI is InChI=1S/C9H19NO3/c1-3-4-5-9(12)10-8(6-11)7-13-2/h8,11H,3-7H2,1-2H3,(H,10,12). The van der Waals surface area contributed by atoms with Crippen LogP contribution in [0.2, 0.25) is 0 Å². The molecule has 1 amide bonds. The molecule has 0 saturated carbocycles. The van der Waals surface area contributed by atoms with Crippen molar-refractivity contribution in [1.82, 2.24) is 5.32 Å². The summed E-state index contributed by atoms with van der Waals surface area (Å²) in [7, 11) is 1.54. The lowest BCUT2D eigenvalue weighted by Gasteiger charge is -2.14. The number of aliphatic hydroxyl groups excluding tert-OH is 1. The zero-order chi connectivity index (χ0) is 10.1. The van der Waals surface area contributed by atoms with Crippen molar-refractivity contribution in [3.05, 3.63) is 0 Å². The van der Waals surface area contributed by atoms with Gasteiger partial charge in [-0.2, -0.15) is 0 Å². The Bertz CT molecular complexity index is 139. The largest absolute Gasteiger partial charge is 0.394 e. The van der Waals surface area contributed by atoms with Crippen molar-refractivity contribution < 1.29 is 14.6 Å². The number of hydrogen-bond acceptors (Lipinski definition) is 3. The minimum Gasteiger partial charge on any atom is -0.394 e. The van der Waals surface area contributed by atoms with Crippen LogP contribution >= 0.6 is 0 Å². The van der Waals surface area contributed by atoms with Crippen LogP contribution in [0.15, 0.2) is 0 Å². The van der Waals surface area contributed by atoms with Gasteiger partial charge in [0.25, 0.3) is 0 Å². The van der Waals surface area contributed by atoms with Crippen LogP contribution in [-0.4, -0.2) is 37.4 Å². The summed E-state index contributed by atoms with van der Waals surface area (Å²) < 4.78 is 4.83. The zero-order valence-electron chi connectivity index (χ0n) is 8.38. The van der Waals surface area contributed by atoms with Crippen LogP contribution in [0.4, 0.5) is 0 Å². The Labute approximate surface area is 79.3 Å². The average molecular weight is 189 g/mol. The molecule has 1 atom stereocenters. The zero-order valence-corrected chi connectivity index (χ0v) is 8.38. The van der Waals surface area contributed by atoms with Crippen LogP contribution in [0.25, 0.3) is 0 Å². The Morgan fingerprint density at radius 1 is 1.62 bits per heavy atom. The molecule has 4 nitrogen and oxygen atoms in total. The molecule has 0 heterocycles. The van der Waals surface area contributed by atoms with Crippen LogP contribution in [0.5, 0.6) is 0 Å². The van der Waals surface area contributed by atoms with E-state index in [1.807, 2.05) is 6.92 Å². The summed E-state index contributed by atoms with van der Waals surface area (Å²) in [6.07, 6.45) is 2.41. The molecule has 0 bridgehead atoms. The molecule has 0 saturated heterocycles. The smallest absolute Gasteiger partial charge is 0.220 e. The number of methoxy groups -OCH3 is 1. The minimum absolute atomic E-state index is 0.0158. The lowest BCUT2D eigenvalue weighted by molar-refractivity contribution is -0.122. The summed E-state index contributed by atoms with van der Waals surface area (Å²) in [5.74, 6) is -0.0158. The average Bonchev–Trinajstić information content (AvgIpc) is 2.14. The van der Waals surface area contributed by atoms with Gasteiger partial charge in [0.2, 0.25) is 5.91 Å². The van der Waals surface area contributed by atoms with Crippen LogP contribution in [0.1, 0.15) is 26.2 Å². The topological polar surface area (TPSA) is 58.6 Å². The lowest BCUT2D eigenvalue weighted by atomic mass is 10.2. The van der Waals surface area contributed by atoms with Crippen LogP contribution < -0.4 is 5.32 Å². The first-order valence-electron chi connectivity index (χ1n) is 4.63. The van der Waals surface area contributed by atoms with E-state index in [1.54, 1.807) is 7.11 Å². The highest BCUT2D eigenvalue weighted by Crippen LogP contribution is 1.94. The van der Waals surface area contributed by atoms with Gasteiger partial charge in [-0.1, -0.05) is 13.3 Å². The molecule has 13 heavy (non-hydrogen) atoms. The minimum atomic E-state index is -0.269. The van der Waals surface area contributed by atoms with Gasteiger partial charge in [-0.15, -0.1) is 0 Å². The van der Waals surface area contributed by atoms with E-state index in [0.29, 0.717) is 13.0 Å². The summed E-state index contributed by atoms with van der Waals surface area (Å²) in [4.78, 5) is 11.2. The summed E-state index contributed by atoms with van der Waals surface area (Å²) >= 11 is 0. The monoisotopic (exact) mass is 189 g/mol. The van der Waals surface area contributed by atoms with Crippen molar-refractivity contribution in [2.75, 3.05) is 20.3 Å². The fourth-order valence-corrected chi connectivity index (χ4v) is 0.978. The number of rotatable bonds is 7. The fourth-order valence-electron chi connectivity index (χ4n) is 0.978. The fraction of sp³-hybridized carbons (Fsp3) is 0.889. The number of amides is 1. The van der Waals surface area contributed by atoms with E-state index < -0.39 is 0 Å². The SMILES string of the molecule is CCCCC(=O)NC(CO)COC. The van der Waals surface area contributed by atoms with E-state index in [1.165, 1.54) is 0 Å². The van der Waals surface area contributed by atoms with Crippen LogP contribution in [-0.2, 0) is 9.53 Å². The molecule has 0 rings (SSSR count). The van der Waals surface area contributed by atoms with Crippen molar-refractivity contribution in [3.8, 4) is 0 Å². The molecule has 4 heteroatoms. The van der Waals surface area contributed by atoms with Gasteiger partial charge in [0.15, 0.2) is 0 Å². The maximum Gasteiger partial charge on any atom is 0.220 e. The van der Waals surface area contributed by atoms with Crippen LogP contribution in [0, 0.1) is 0 Å². The first-order chi connectivity index (χ1) is 6.24. The summed E-state index contributed by atoms with van der Waals surface area (Å²) in [6.45, 7) is 2.31. The van der Waals surface area contributed by atoms with Gasteiger partial charge in [0.05, 0.1) is 19.3 Å². The maximum absolute atomic E-state index is 11.2. The Hall–Kier alpha value is -0.610. The summed E-state index contributed by atoms with van der Waals surface area (Å²) in [5.41, 5.74) is 0. The highest BCUT2D eigenvalue weighted by Gasteiger charge is 2.09. The van der Waals surface area contributed by atoms with E-state index in [2.05, 4.69) is 5.32 Å². The highest BCUT2D eigenvalue weighted by molar-refractivity contribution is 5.76. The van der Waals surface area contributed by atoms with E-state index in [-0.39, 0.29) is 18.6 Å². The molecule has 0 fully saturated rings. The van der Waals surface area contributed by atoms with E-state index in [9.17, 15) is 4.79 Å².